The molecule has 1 aliphatic carbocycles. The first-order valence-electron chi connectivity index (χ1n) is 8.94. The second-order valence-electron chi connectivity index (χ2n) is 7.71. The third-order valence-electron chi connectivity index (χ3n) is 5.93. The normalized spacial score (nSPS) is 29.2. The number of rotatable bonds is 2. The van der Waals surface area contributed by atoms with Crippen molar-refractivity contribution < 1.29 is 9.53 Å². The van der Waals surface area contributed by atoms with E-state index in [1.165, 1.54) is 0 Å². The molecule has 7 heteroatoms. The van der Waals surface area contributed by atoms with Crippen LogP contribution in [0.3, 0.4) is 0 Å². The largest absolute Gasteiger partial charge is 0.441 e. The number of hydrogen-bond acceptors (Lipinski definition) is 4. The zero-order chi connectivity index (χ0) is 17.8. The molecule has 7 nitrogen and oxygen atoms in total. The summed E-state index contributed by atoms with van der Waals surface area (Å²) in [5.74, 6) is 0. The molecule has 1 saturated heterocycles. The number of carbonyl (C=O) groups excluding carboxylic acids is 1. The maximum atomic E-state index is 12.4. The highest BCUT2D eigenvalue weighted by molar-refractivity contribution is 5.74. The van der Waals surface area contributed by atoms with Crippen molar-refractivity contribution in [2.75, 3.05) is 0 Å². The standard InChI is InChI=1S/C18H24N4O3/c1-11-18(2,3)25-17(24)21(11)12-4-6-13(7-5-12)22-15-8-9-19-10-14(15)20-16(22)23/h8-13H,4-7H2,1-3H3,(H,20,23)/t11-,12?,13?/m1/s1. The zero-order valence-electron chi connectivity index (χ0n) is 14.9. The summed E-state index contributed by atoms with van der Waals surface area (Å²) in [5, 5.41) is 0. The minimum Gasteiger partial charge on any atom is -0.441 e. The monoisotopic (exact) mass is 344 g/mol. The third-order valence-corrected chi connectivity index (χ3v) is 5.93. The molecular formula is C18H24N4O3. The van der Waals surface area contributed by atoms with Gasteiger partial charge in [0, 0.05) is 18.3 Å². The van der Waals surface area contributed by atoms with Crippen LogP contribution in [0.5, 0.6) is 0 Å². The fourth-order valence-corrected chi connectivity index (χ4v) is 4.26. The number of nitrogens with zero attached hydrogens (tertiary/aromatic N) is 3. The van der Waals surface area contributed by atoms with Crippen LogP contribution in [-0.4, -0.2) is 43.2 Å². The Morgan fingerprint density at radius 3 is 2.52 bits per heavy atom. The van der Waals surface area contributed by atoms with Crippen molar-refractivity contribution in [2.24, 2.45) is 0 Å². The van der Waals surface area contributed by atoms with E-state index < -0.39 is 5.60 Å². The molecule has 0 unspecified atom stereocenters. The Kier molecular flexibility index (Phi) is 3.63. The number of fused-ring (bicyclic) bond motifs is 1. The van der Waals surface area contributed by atoms with Crippen LogP contribution in [-0.2, 0) is 4.74 Å². The Morgan fingerprint density at radius 1 is 1.20 bits per heavy atom. The molecule has 0 aromatic carbocycles. The number of amides is 1. The topological polar surface area (TPSA) is 80.2 Å². The Morgan fingerprint density at radius 2 is 1.88 bits per heavy atom. The minimum absolute atomic E-state index is 0.0587. The van der Waals surface area contributed by atoms with Gasteiger partial charge in [-0.05, 0) is 52.5 Å². The summed E-state index contributed by atoms with van der Waals surface area (Å²) in [6.07, 6.45) is 6.68. The molecule has 25 heavy (non-hydrogen) atoms. The smallest absolute Gasteiger partial charge is 0.411 e. The van der Waals surface area contributed by atoms with E-state index in [1.54, 1.807) is 12.4 Å². The zero-order valence-corrected chi connectivity index (χ0v) is 14.9. The quantitative estimate of drug-likeness (QED) is 0.908. The SMILES string of the molecule is C[C@H]1N(C2CCC(n3c(=O)[nH]c4cnccc43)CC2)C(=O)OC1(C)C. The van der Waals surface area contributed by atoms with Crippen LogP contribution < -0.4 is 5.69 Å². The summed E-state index contributed by atoms with van der Waals surface area (Å²) in [5.41, 5.74) is 1.14. The van der Waals surface area contributed by atoms with Gasteiger partial charge >= 0.3 is 11.8 Å². The lowest BCUT2D eigenvalue weighted by molar-refractivity contribution is 0.0710. The van der Waals surface area contributed by atoms with Gasteiger partial charge in [0.05, 0.1) is 23.3 Å². The molecule has 2 aromatic heterocycles. The first-order chi connectivity index (χ1) is 11.9. The Balaban J connectivity index is 1.53. The highest BCUT2D eigenvalue weighted by Gasteiger charge is 2.48. The number of aromatic nitrogens is 3. The van der Waals surface area contributed by atoms with E-state index in [9.17, 15) is 9.59 Å². The number of ether oxygens (including phenoxy) is 1. The Bertz CT molecular complexity index is 861. The lowest BCUT2D eigenvalue weighted by atomic mass is 9.88. The predicted molar refractivity (Wildman–Crippen MR) is 93.5 cm³/mol. The maximum Gasteiger partial charge on any atom is 0.411 e. The molecule has 2 aromatic rings. The summed E-state index contributed by atoms with van der Waals surface area (Å²) in [6.45, 7) is 5.97. The summed E-state index contributed by atoms with van der Waals surface area (Å²) in [4.78, 5) is 33.5. The van der Waals surface area contributed by atoms with Gasteiger partial charge in [-0.2, -0.15) is 0 Å². The highest BCUT2D eigenvalue weighted by Crippen LogP contribution is 2.38. The first kappa shape index (κ1) is 16.2. The molecule has 0 bridgehead atoms. The predicted octanol–water partition coefficient (Wildman–Crippen LogP) is 2.83. The highest BCUT2D eigenvalue weighted by atomic mass is 16.6. The van der Waals surface area contributed by atoms with Gasteiger partial charge in [-0.3, -0.25) is 14.5 Å². The van der Waals surface area contributed by atoms with Gasteiger partial charge in [0.1, 0.15) is 5.60 Å². The van der Waals surface area contributed by atoms with Gasteiger partial charge in [0.15, 0.2) is 0 Å². The molecule has 1 atom stereocenters. The lowest BCUT2D eigenvalue weighted by Gasteiger charge is -2.36. The average molecular weight is 344 g/mol. The van der Waals surface area contributed by atoms with E-state index in [0.717, 1.165) is 36.7 Å². The van der Waals surface area contributed by atoms with E-state index in [-0.39, 0.29) is 29.9 Å². The van der Waals surface area contributed by atoms with Gasteiger partial charge < -0.3 is 9.72 Å². The number of aromatic amines is 1. The van der Waals surface area contributed by atoms with Crippen molar-refractivity contribution in [3.8, 4) is 0 Å². The molecule has 1 aliphatic heterocycles. The molecule has 0 radical (unpaired) electrons. The van der Waals surface area contributed by atoms with Crippen molar-refractivity contribution in [3.05, 3.63) is 28.9 Å². The molecule has 4 rings (SSSR count). The average Bonchev–Trinajstić information content (AvgIpc) is 3.00. The first-order valence-corrected chi connectivity index (χ1v) is 8.94. The van der Waals surface area contributed by atoms with E-state index in [2.05, 4.69) is 9.97 Å². The molecule has 134 valence electrons. The van der Waals surface area contributed by atoms with Crippen molar-refractivity contribution in [2.45, 2.75) is 70.2 Å². The second kappa shape index (κ2) is 5.61. The third kappa shape index (κ3) is 2.53. The van der Waals surface area contributed by atoms with Crippen LogP contribution in [0.15, 0.2) is 23.3 Å². The maximum absolute atomic E-state index is 12.4. The van der Waals surface area contributed by atoms with E-state index in [0.29, 0.717) is 0 Å². The summed E-state index contributed by atoms with van der Waals surface area (Å²) in [7, 11) is 0. The van der Waals surface area contributed by atoms with E-state index in [1.807, 2.05) is 36.3 Å². The van der Waals surface area contributed by atoms with Crippen LogP contribution in [0.4, 0.5) is 4.79 Å². The number of pyridine rings is 1. The summed E-state index contributed by atoms with van der Waals surface area (Å²) >= 11 is 0. The number of carbonyl (C=O) groups is 1. The number of hydrogen-bond donors (Lipinski definition) is 1. The van der Waals surface area contributed by atoms with Crippen LogP contribution in [0.25, 0.3) is 11.0 Å². The minimum atomic E-state index is -0.450. The second-order valence-corrected chi connectivity index (χ2v) is 7.71. The molecule has 2 aliphatic rings. The number of cyclic esters (lactones) is 1. The van der Waals surface area contributed by atoms with Crippen molar-refractivity contribution in [3.63, 3.8) is 0 Å². The van der Waals surface area contributed by atoms with Crippen LogP contribution in [0.2, 0.25) is 0 Å². The van der Waals surface area contributed by atoms with Crippen molar-refractivity contribution in [1.82, 2.24) is 19.4 Å². The molecule has 1 amide bonds. The number of nitrogens with one attached hydrogen (secondary N) is 1. The van der Waals surface area contributed by atoms with Crippen molar-refractivity contribution >= 4 is 17.1 Å². The Labute approximate surface area is 146 Å². The molecule has 3 heterocycles. The number of H-pyrrole nitrogens is 1. The molecule has 1 saturated carbocycles. The summed E-state index contributed by atoms with van der Waals surface area (Å²) < 4.78 is 7.37. The van der Waals surface area contributed by atoms with Crippen molar-refractivity contribution in [1.29, 1.82) is 0 Å². The molecule has 1 N–H and O–H groups in total. The Hall–Kier alpha value is -2.31. The molecule has 2 fully saturated rings. The number of imidazole rings is 1. The summed E-state index contributed by atoms with van der Waals surface area (Å²) in [6, 6.07) is 2.27. The van der Waals surface area contributed by atoms with Gasteiger partial charge in [0.2, 0.25) is 0 Å². The van der Waals surface area contributed by atoms with E-state index in [4.69, 9.17) is 4.74 Å². The van der Waals surface area contributed by atoms with Crippen LogP contribution >= 0.6 is 0 Å². The van der Waals surface area contributed by atoms with Crippen LogP contribution in [0, 0.1) is 0 Å². The molecule has 0 spiro atoms. The van der Waals surface area contributed by atoms with E-state index >= 15 is 0 Å². The van der Waals surface area contributed by atoms with Gasteiger partial charge in [0.25, 0.3) is 0 Å². The fraction of sp³-hybridized carbons (Fsp3) is 0.611. The van der Waals surface area contributed by atoms with Gasteiger partial charge in [-0.15, -0.1) is 0 Å². The molecular weight excluding hydrogens is 320 g/mol. The lowest BCUT2D eigenvalue weighted by Crippen LogP contribution is -2.46. The van der Waals surface area contributed by atoms with Gasteiger partial charge in [-0.25, -0.2) is 9.59 Å². The van der Waals surface area contributed by atoms with Gasteiger partial charge in [-0.1, -0.05) is 0 Å². The van der Waals surface area contributed by atoms with Crippen LogP contribution in [0.1, 0.15) is 52.5 Å². The fourth-order valence-electron chi connectivity index (χ4n) is 4.26.